The molecule has 0 amide bonds. The van der Waals surface area contributed by atoms with Crippen molar-refractivity contribution in [1.29, 1.82) is 0 Å². The Morgan fingerprint density at radius 1 is 1.29 bits per heavy atom. The fourth-order valence-electron chi connectivity index (χ4n) is 2.72. The van der Waals surface area contributed by atoms with Crippen LogP contribution in [0.15, 0.2) is 0 Å². The second-order valence-electron chi connectivity index (χ2n) is 5.11. The van der Waals surface area contributed by atoms with Gasteiger partial charge in [-0.05, 0) is 38.8 Å². The summed E-state index contributed by atoms with van der Waals surface area (Å²) < 4.78 is 7.77. The van der Waals surface area contributed by atoms with Crippen LogP contribution in [-0.4, -0.2) is 41.1 Å². The van der Waals surface area contributed by atoms with Crippen molar-refractivity contribution in [2.75, 3.05) is 26.3 Å². The Balaban J connectivity index is 1.77. The van der Waals surface area contributed by atoms with Gasteiger partial charge in [-0.3, -0.25) is 0 Å². The maximum atomic E-state index is 5.43. The van der Waals surface area contributed by atoms with Crippen molar-refractivity contribution < 1.29 is 4.74 Å². The van der Waals surface area contributed by atoms with Crippen LogP contribution in [0.25, 0.3) is 0 Å². The van der Waals surface area contributed by atoms with E-state index in [0.717, 1.165) is 57.3 Å². The molecule has 5 heteroatoms. The third-order valence-corrected chi connectivity index (χ3v) is 3.83. The standard InChI is InChI=1S/C12H20N4O/c1-9-14-15-12(6-10-7-13-8-10)16(9)11-2-4-17-5-3-11/h10-11,13H,2-8H2,1H3. The first-order valence-corrected chi connectivity index (χ1v) is 6.53. The van der Waals surface area contributed by atoms with Gasteiger partial charge in [0.15, 0.2) is 0 Å². The number of aryl methyl sites for hydroxylation is 1. The van der Waals surface area contributed by atoms with Gasteiger partial charge in [0, 0.05) is 25.7 Å². The molecule has 0 atom stereocenters. The van der Waals surface area contributed by atoms with Gasteiger partial charge in [0.25, 0.3) is 0 Å². The molecule has 17 heavy (non-hydrogen) atoms. The van der Waals surface area contributed by atoms with Gasteiger partial charge in [-0.2, -0.15) is 0 Å². The van der Waals surface area contributed by atoms with Crippen LogP contribution in [0.2, 0.25) is 0 Å². The summed E-state index contributed by atoms with van der Waals surface area (Å²) >= 11 is 0. The zero-order valence-corrected chi connectivity index (χ0v) is 10.4. The van der Waals surface area contributed by atoms with E-state index in [0.29, 0.717) is 6.04 Å². The smallest absolute Gasteiger partial charge is 0.133 e. The molecule has 3 heterocycles. The highest BCUT2D eigenvalue weighted by atomic mass is 16.5. The average Bonchev–Trinajstić information content (AvgIpc) is 2.66. The fourth-order valence-corrected chi connectivity index (χ4v) is 2.72. The molecule has 2 aliphatic rings. The molecule has 2 saturated heterocycles. The van der Waals surface area contributed by atoms with Crippen molar-refractivity contribution in [2.45, 2.75) is 32.2 Å². The van der Waals surface area contributed by atoms with E-state index in [1.165, 1.54) is 5.82 Å². The van der Waals surface area contributed by atoms with Crippen LogP contribution in [0.5, 0.6) is 0 Å². The van der Waals surface area contributed by atoms with Crippen molar-refractivity contribution in [3.05, 3.63) is 11.6 Å². The highest BCUT2D eigenvalue weighted by Crippen LogP contribution is 2.24. The van der Waals surface area contributed by atoms with Crippen molar-refractivity contribution >= 4 is 0 Å². The van der Waals surface area contributed by atoms with Crippen LogP contribution in [0.3, 0.4) is 0 Å². The first-order valence-electron chi connectivity index (χ1n) is 6.53. The fraction of sp³-hybridized carbons (Fsp3) is 0.833. The lowest BCUT2D eigenvalue weighted by atomic mass is 9.98. The maximum Gasteiger partial charge on any atom is 0.133 e. The number of ether oxygens (including phenoxy) is 1. The Bertz CT molecular complexity index is 380. The monoisotopic (exact) mass is 236 g/mol. The molecule has 2 fully saturated rings. The molecule has 2 aliphatic heterocycles. The minimum Gasteiger partial charge on any atom is -0.381 e. The van der Waals surface area contributed by atoms with E-state index in [1.54, 1.807) is 0 Å². The molecule has 5 nitrogen and oxygen atoms in total. The molecule has 0 aromatic carbocycles. The van der Waals surface area contributed by atoms with Crippen LogP contribution in [0.4, 0.5) is 0 Å². The summed E-state index contributed by atoms with van der Waals surface area (Å²) in [6.07, 6.45) is 3.24. The molecule has 0 aliphatic carbocycles. The van der Waals surface area contributed by atoms with Crippen LogP contribution in [-0.2, 0) is 11.2 Å². The molecule has 0 bridgehead atoms. The molecular formula is C12H20N4O. The van der Waals surface area contributed by atoms with Gasteiger partial charge >= 0.3 is 0 Å². The highest BCUT2D eigenvalue weighted by molar-refractivity contribution is 5.00. The quantitative estimate of drug-likeness (QED) is 0.839. The molecule has 1 aromatic rings. The summed E-state index contributed by atoms with van der Waals surface area (Å²) in [7, 11) is 0. The Kier molecular flexibility index (Phi) is 3.11. The highest BCUT2D eigenvalue weighted by Gasteiger charge is 2.25. The first kappa shape index (κ1) is 11.2. The van der Waals surface area contributed by atoms with E-state index in [4.69, 9.17) is 4.74 Å². The number of hydrogen-bond donors (Lipinski definition) is 1. The van der Waals surface area contributed by atoms with E-state index in [9.17, 15) is 0 Å². The Morgan fingerprint density at radius 2 is 2.06 bits per heavy atom. The van der Waals surface area contributed by atoms with Gasteiger partial charge in [0.05, 0.1) is 0 Å². The molecule has 0 radical (unpaired) electrons. The average molecular weight is 236 g/mol. The summed E-state index contributed by atoms with van der Waals surface area (Å²) in [6.45, 7) is 6.05. The van der Waals surface area contributed by atoms with Crippen LogP contribution < -0.4 is 5.32 Å². The summed E-state index contributed by atoms with van der Waals surface area (Å²) in [4.78, 5) is 0. The lowest BCUT2D eigenvalue weighted by Gasteiger charge is -2.29. The lowest BCUT2D eigenvalue weighted by molar-refractivity contribution is 0.0679. The van der Waals surface area contributed by atoms with Crippen molar-refractivity contribution in [3.63, 3.8) is 0 Å². The van der Waals surface area contributed by atoms with Crippen molar-refractivity contribution in [3.8, 4) is 0 Å². The summed E-state index contributed by atoms with van der Waals surface area (Å²) in [5.74, 6) is 2.97. The zero-order chi connectivity index (χ0) is 11.7. The number of nitrogens with zero attached hydrogens (tertiary/aromatic N) is 3. The Labute approximate surface area is 102 Å². The van der Waals surface area contributed by atoms with E-state index in [2.05, 4.69) is 27.0 Å². The largest absolute Gasteiger partial charge is 0.381 e. The molecule has 3 rings (SSSR count). The van der Waals surface area contributed by atoms with E-state index in [-0.39, 0.29) is 0 Å². The molecule has 1 aromatic heterocycles. The number of hydrogen-bond acceptors (Lipinski definition) is 4. The number of rotatable bonds is 3. The van der Waals surface area contributed by atoms with Crippen molar-refractivity contribution in [2.24, 2.45) is 5.92 Å². The third kappa shape index (κ3) is 2.21. The minimum absolute atomic E-state index is 0.543. The molecule has 0 saturated carbocycles. The maximum absolute atomic E-state index is 5.43. The first-order chi connectivity index (χ1) is 8.34. The zero-order valence-electron chi connectivity index (χ0n) is 10.4. The van der Waals surface area contributed by atoms with Crippen molar-refractivity contribution in [1.82, 2.24) is 20.1 Å². The predicted octanol–water partition coefficient (Wildman–Crippen LogP) is 0.700. The second-order valence-corrected chi connectivity index (χ2v) is 5.11. The van der Waals surface area contributed by atoms with Crippen LogP contribution in [0, 0.1) is 12.8 Å². The minimum atomic E-state index is 0.543. The van der Waals surface area contributed by atoms with Gasteiger partial charge < -0.3 is 14.6 Å². The van der Waals surface area contributed by atoms with Gasteiger partial charge in [-0.1, -0.05) is 0 Å². The lowest BCUT2D eigenvalue weighted by Crippen LogP contribution is -2.43. The van der Waals surface area contributed by atoms with E-state index in [1.807, 2.05) is 0 Å². The Hall–Kier alpha value is -0.940. The molecular weight excluding hydrogens is 216 g/mol. The predicted molar refractivity (Wildman–Crippen MR) is 63.9 cm³/mol. The normalized spacial score (nSPS) is 22.6. The number of nitrogens with one attached hydrogen (secondary N) is 1. The number of aromatic nitrogens is 3. The SMILES string of the molecule is Cc1nnc(CC2CNC2)n1C1CCOCC1. The third-order valence-electron chi connectivity index (χ3n) is 3.83. The van der Waals surface area contributed by atoms with Crippen LogP contribution >= 0.6 is 0 Å². The molecule has 0 spiro atoms. The molecule has 94 valence electrons. The van der Waals surface area contributed by atoms with Gasteiger partial charge in [-0.25, -0.2) is 0 Å². The topological polar surface area (TPSA) is 52.0 Å². The van der Waals surface area contributed by atoms with E-state index < -0.39 is 0 Å². The van der Waals surface area contributed by atoms with Gasteiger partial charge in [-0.15, -0.1) is 10.2 Å². The summed E-state index contributed by atoms with van der Waals surface area (Å²) in [6, 6.07) is 0.543. The van der Waals surface area contributed by atoms with Gasteiger partial charge in [0.1, 0.15) is 11.6 Å². The van der Waals surface area contributed by atoms with Gasteiger partial charge in [0.2, 0.25) is 0 Å². The summed E-state index contributed by atoms with van der Waals surface area (Å²) in [5.41, 5.74) is 0. The van der Waals surface area contributed by atoms with Crippen LogP contribution in [0.1, 0.15) is 30.5 Å². The summed E-state index contributed by atoms with van der Waals surface area (Å²) in [5, 5.41) is 11.9. The second kappa shape index (κ2) is 4.74. The molecule has 0 unspecified atom stereocenters. The Morgan fingerprint density at radius 3 is 2.71 bits per heavy atom. The van der Waals surface area contributed by atoms with E-state index >= 15 is 0 Å². The molecule has 1 N–H and O–H groups in total.